The van der Waals surface area contributed by atoms with Crippen LogP contribution in [0.15, 0.2) is 41.1 Å². The Balaban J connectivity index is 1.56. The molecule has 0 saturated carbocycles. The van der Waals surface area contributed by atoms with E-state index in [0.29, 0.717) is 6.54 Å². The van der Waals surface area contributed by atoms with Crippen molar-refractivity contribution in [1.29, 1.82) is 0 Å². The van der Waals surface area contributed by atoms with Crippen LogP contribution in [0.5, 0.6) is 0 Å². The summed E-state index contributed by atoms with van der Waals surface area (Å²) in [5.74, 6) is 0.861. The van der Waals surface area contributed by atoms with Crippen molar-refractivity contribution in [2.24, 2.45) is 7.05 Å². The number of rotatable bonds is 10. The van der Waals surface area contributed by atoms with Gasteiger partial charge in [0.25, 0.3) is 0 Å². The molecule has 7 heteroatoms. The average Bonchev–Trinajstić information content (AvgIpc) is 3.15. The molecule has 1 unspecified atom stereocenters. The van der Waals surface area contributed by atoms with E-state index in [4.69, 9.17) is 0 Å². The summed E-state index contributed by atoms with van der Waals surface area (Å²) >= 11 is 1.45. The Morgan fingerprint density at radius 3 is 2.58 bits per heavy atom. The largest absolute Gasteiger partial charge is 0.372 e. The standard InChI is InChI=1S/C24H35N5OS/c1-5-29(6-2)21-14-12-20(13-15-21)22-26-27-24(28(22)4)31-18(3)23(30)25-17-16-19-10-8-7-9-11-19/h10,12-15,18H,5-9,11,16-17H2,1-4H3,(H,25,30). The first-order chi connectivity index (χ1) is 15.0. The third kappa shape index (κ3) is 6.12. The quantitative estimate of drug-likeness (QED) is 0.423. The predicted octanol–water partition coefficient (Wildman–Crippen LogP) is 4.82. The number of carbonyl (C=O) groups is 1. The minimum Gasteiger partial charge on any atom is -0.372 e. The van der Waals surface area contributed by atoms with Crippen molar-refractivity contribution in [3.63, 3.8) is 0 Å². The molecule has 0 fully saturated rings. The minimum absolute atomic E-state index is 0.0505. The molecule has 1 aromatic heterocycles. The number of carbonyl (C=O) groups excluding carboxylic acids is 1. The van der Waals surface area contributed by atoms with Crippen LogP contribution < -0.4 is 10.2 Å². The van der Waals surface area contributed by atoms with Crippen molar-refractivity contribution >= 4 is 23.4 Å². The molecule has 1 heterocycles. The fourth-order valence-electron chi connectivity index (χ4n) is 3.91. The van der Waals surface area contributed by atoms with Crippen molar-refractivity contribution in [3.05, 3.63) is 35.9 Å². The maximum absolute atomic E-state index is 12.5. The number of hydrogen-bond acceptors (Lipinski definition) is 5. The SMILES string of the molecule is CCN(CC)c1ccc(-c2nnc(SC(C)C(=O)NCCC3=CCCCC3)n2C)cc1. The third-order valence-corrected chi connectivity index (χ3v) is 7.00. The van der Waals surface area contributed by atoms with Gasteiger partial charge < -0.3 is 14.8 Å². The molecule has 0 bridgehead atoms. The van der Waals surface area contributed by atoms with Crippen molar-refractivity contribution in [2.75, 3.05) is 24.5 Å². The Bertz CT molecular complexity index is 886. The first-order valence-corrected chi connectivity index (χ1v) is 12.3. The van der Waals surface area contributed by atoms with E-state index in [1.54, 1.807) is 0 Å². The monoisotopic (exact) mass is 441 g/mol. The lowest BCUT2D eigenvalue weighted by Crippen LogP contribution is -2.32. The molecule has 1 atom stereocenters. The van der Waals surface area contributed by atoms with E-state index in [2.05, 4.69) is 64.6 Å². The lowest BCUT2D eigenvalue weighted by molar-refractivity contribution is -0.120. The number of amides is 1. The molecule has 0 radical (unpaired) electrons. The van der Waals surface area contributed by atoms with E-state index >= 15 is 0 Å². The molecule has 2 aromatic rings. The van der Waals surface area contributed by atoms with Gasteiger partial charge in [0, 0.05) is 37.9 Å². The number of anilines is 1. The Labute approximate surface area is 190 Å². The van der Waals surface area contributed by atoms with Crippen LogP contribution in [0.1, 0.15) is 52.9 Å². The predicted molar refractivity (Wildman–Crippen MR) is 129 cm³/mol. The summed E-state index contributed by atoms with van der Waals surface area (Å²) in [6.45, 7) is 8.92. The summed E-state index contributed by atoms with van der Waals surface area (Å²) < 4.78 is 1.97. The van der Waals surface area contributed by atoms with E-state index in [0.717, 1.165) is 36.1 Å². The number of nitrogens with one attached hydrogen (secondary N) is 1. The van der Waals surface area contributed by atoms with Gasteiger partial charge in [-0.2, -0.15) is 0 Å². The zero-order valence-corrected chi connectivity index (χ0v) is 20.0. The number of thioether (sulfide) groups is 1. The minimum atomic E-state index is -0.221. The molecule has 1 aliphatic carbocycles. The Morgan fingerprint density at radius 1 is 1.19 bits per heavy atom. The topological polar surface area (TPSA) is 63.1 Å². The maximum Gasteiger partial charge on any atom is 0.233 e. The number of allylic oxidation sites excluding steroid dienone is 1. The van der Waals surface area contributed by atoms with E-state index in [1.165, 1.54) is 48.7 Å². The molecule has 31 heavy (non-hydrogen) atoms. The molecule has 168 valence electrons. The van der Waals surface area contributed by atoms with Gasteiger partial charge in [-0.3, -0.25) is 4.79 Å². The van der Waals surface area contributed by atoms with Crippen LogP contribution in [0.2, 0.25) is 0 Å². The Morgan fingerprint density at radius 2 is 1.94 bits per heavy atom. The fraction of sp³-hybridized carbons (Fsp3) is 0.542. The number of benzene rings is 1. The van der Waals surface area contributed by atoms with Crippen LogP contribution in [-0.4, -0.2) is 45.6 Å². The maximum atomic E-state index is 12.5. The van der Waals surface area contributed by atoms with Gasteiger partial charge in [0.15, 0.2) is 11.0 Å². The summed E-state index contributed by atoms with van der Waals surface area (Å²) in [6, 6.07) is 8.42. The first kappa shape index (κ1) is 23.4. The molecule has 0 spiro atoms. The number of nitrogens with zero attached hydrogens (tertiary/aromatic N) is 4. The number of hydrogen-bond donors (Lipinski definition) is 1. The van der Waals surface area contributed by atoms with Crippen molar-refractivity contribution in [2.45, 2.75) is 63.3 Å². The average molecular weight is 442 g/mol. The second-order valence-corrected chi connectivity index (χ2v) is 9.30. The molecule has 1 aliphatic rings. The van der Waals surface area contributed by atoms with Gasteiger partial charge >= 0.3 is 0 Å². The van der Waals surface area contributed by atoms with Gasteiger partial charge in [0.05, 0.1) is 5.25 Å². The zero-order chi connectivity index (χ0) is 22.2. The van der Waals surface area contributed by atoms with Crippen molar-refractivity contribution in [1.82, 2.24) is 20.1 Å². The summed E-state index contributed by atoms with van der Waals surface area (Å²) in [6.07, 6.45) is 8.23. The lowest BCUT2D eigenvalue weighted by Gasteiger charge is -2.21. The highest BCUT2D eigenvalue weighted by Gasteiger charge is 2.19. The third-order valence-electron chi connectivity index (χ3n) is 5.87. The number of aromatic nitrogens is 3. The first-order valence-electron chi connectivity index (χ1n) is 11.4. The normalized spacial score (nSPS) is 14.8. The molecule has 0 aliphatic heterocycles. The van der Waals surface area contributed by atoms with Crippen LogP contribution >= 0.6 is 11.8 Å². The zero-order valence-electron chi connectivity index (χ0n) is 19.2. The van der Waals surface area contributed by atoms with Crippen LogP contribution in [-0.2, 0) is 11.8 Å². The summed E-state index contributed by atoms with van der Waals surface area (Å²) in [7, 11) is 1.95. The molecule has 1 N–H and O–H groups in total. The van der Waals surface area contributed by atoms with Gasteiger partial charge in [-0.1, -0.05) is 23.4 Å². The van der Waals surface area contributed by atoms with E-state index in [1.807, 2.05) is 18.5 Å². The second-order valence-electron chi connectivity index (χ2n) is 7.99. The fourth-order valence-corrected chi connectivity index (χ4v) is 4.75. The molecular weight excluding hydrogens is 406 g/mol. The highest BCUT2D eigenvalue weighted by Crippen LogP contribution is 2.27. The molecule has 6 nitrogen and oxygen atoms in total. The smallest absolute Gasteiger partial charge is 0.233 e. The van der Waals surface area contributed by atoms with Gasteiger partial charge in [0.1, 0.15) is 0 Å². The molecule has 1 amide bonds. The van der Waals surface area contributed by atoms with Crippen molar-refractivity contribution < 1.29 is 4.79 Å². The highest BCUT2D eigenvalue weighted by atomic mass is 32.2. The van der Waals surface area contributed by atoms with E-state index in [-0.39, 0.29) is 11.2 Å². The Kier molecular flexibility index (Phi) is 8.58. The molecule has 3 rings (SSSR count). The van der Waals surface area contributed by atoms with Crippen molar-refractivity contribution in [3.8, 4) is 11.4 Å². The van der Waals surface area contributed by atoms with Crippen LogP contribution in [0.4, 0.5) is 5.69 Å². The summed E-state index contributed by atoms with van der Waals surface area (Å²) in [5.41, 5.74) is 3.72. The Hall–Kier alpha value is -2.28. The summed E-state index contributed by atoms with van der Waals surface area (Å²) in [4.78, 5) is 14.8. The van der Waals surface area contributed by atoms with E-state index in [9.17, 15) is 4.79 Å². The van der Waals surface area contributed by atoms with Gasteiger partial charge in [-0.25, -0.2) is 0 Å². The van der Waals surface area contributed by atoms with Gasteiger partial charge in [0.2, 0.25) is 5.91 Å². The molecule has 0 saturated heterocycles. The van der Waals surface area contributed by atoms with E-state index < -0.39 is 0 Å². The van der Waals surface area contributed by atoms with Crippen LogP contribution in [0.3, 0.4) is 0 Å². The van der Waals surface area contributed by atoms with Crippen LogP contribution in [0, 0.1) is 0 Å². The highest BCUT2D eigenvalue weighted by molar-refractivity contribution is 8.00. The summed E-state index contributed by atoms with van der Waals surface area (Å²) in [5, 5.41) is 12.3. The molecular formula is C24H35N5OS. The lowest BCUT2D eigenvalue weighted by atomic mass is 9.97. The second kappa shape index (κ2) is 11.4. The van der Waals surface area contributed by atoms with Gasteiger partial charge in [-0.05, 0) is 77.1 Å². The van der Waals surface area contributed by atoms with Gasteiger partial charge in [-0.15, -0.1) is 10.2 Å². The van der Waals surface area contributed by atoms with Crippen LogP contribution in [0.25, 0.3) is 11.4 Å². The molecule has 1 aromatic carbocycles.